The van der Waals surface area contributed by atoms with Gasteiger partial charge in [-0.25, -0.2) is 4.79 Å². The van der Waals surface area contributed by atoms with Crippen LogP contribution in [0.4, 0.5) is 0 Å². The first-order valence-corrected chi connectivity index (χ1v) is 8.60. The van der Waals surface area contributed by atoms with E-state index in [1.165, 1.54) is 12.1 Å². The lowest BCUT2D eigenvalue weighted by atomic mass is 9.96. The lowest BCUT2D eigenvalue weighted by Gasteiger charge is -2.31. The number of hydrogen-bond acceptors (Lipinski definition) is 3. The number of halogens is 1. The average molecular weight is 384 g/mol. The number of ether oxygens (including phenoxy) is 1. The van der Waals surface area contributed by atoms with E-state index in [0.29, 0.717) is 22.6 Å². The van der Waals surface area contributed by atoms with Crippen molar-refractivity contribution in [2.75, 3.05) is 6.61 Å². The van der Waals surface area contributed by atoms with E-state index in [2.05, 4.69) is 35.1 Å². The van der Waals surface area contributed by atoms with Gasteiger partial charge in [-0.15, -0.1) is 0 Å². The van der Waals surface area contributed by atoms with Crippen LogP contribution in [0.1, 0.15) is 53.8 Å². The monoisotopic (exact) mass is 383 g/mol. The molecule has 0 bridgehead atoms. The Labute approximate surface area is 144 Å². The summed E-state index contributed by atoms with van der Waals surface area (Å²) < 4.78 is 6.32. The third-order valence-electron chi connectivity index (χ3n) is 3.84. The largest absolute Gasteiger partial charge is 0.478 e. The summed E-state index contributed by atoms with van der Waals surface area (Å²) in [6, 6.07) is 4.57. The fourth-order valence-corrected chi connectivity index (χ4v) is 3.31. The van der Waals surface area contributed by atoms with E-state index in [9.17, 15) is 9.59 Å². The van der Waals surface area contributed by atoms with Gasteiger partial charge in [0.1, 0.15) is 0 Å². The zero-order valence-corrected chi connectivity index (χ0v) is 14.9. The van der Waals surface area contributed by atoms with Crippen molar-refractivity contribution in [2.24, 2.45) is 5.92 Å². The van der Waals surface area contributed by atoms with Gasteiger partial charge in [0.05, 0.1) is 11.7 Å². The lowest BCUT2D eigenvalue weighted by molar-refractivity contribution is -0.00846. The van der Waals surface area contributed by atoms with Crippen molar-refractivity contribution >= 4 is 27.8 Å². The maximum Gasteiger partial charge on any atom is 0.335 e. The molecule has 1 saturated heterocycles. The van der Waals surface area contributed by atoms with E-state index in [1.54, 1.807) is 6.07 Å². The Bertz CT molecular complexity index is 588. The third-order valence-corrected chi connectivity index (χ3v) is 4.30. The van der Waals surface area contributed by atoms with Crippen LogP contribution >= 0.6 is 15.9 Å². The fourth-order valence-electron chi connectivity index (χ4n) is 2.81. The predicted molar refractivity (Wildman–Crippen MR) is 90.8 cm³/mol. The maximum atomic E-state index is 12.4. The summed E-state index contributed by atoms with van der Waals surface area (Å²) in [7, 11) is 0. The number of carbonyl (C=O) groups excluding carboxylic acids is 1. The van der Waals surface area contributed by atoms with E-state index in [-0.39, 0.29) is 23.6 Å². The second kappa shape index (κ2) is 7.93. The van der Waals surface area contributed by atoms with Gasteiger partial charge >= 0.3 is 5.97 Å². The number of nitrogens with one attached hydrogen (secondary N) is 1. The Morgan fingerprint density at radius 1 is 1.35 bits per heavy atom. The average Bonchev–Trinajstić information content (AvgIpc) is 2.46. The molecule has 0 aliphatic carbocycles. The van der Waals surface area contributed by atoms with Crippen LogP contribution < -0.4 is 5.32 Å². The topological polar surface area (TPSA) is 75.6 Å². The van der Waals surface area contributed by atoms with Gasteiger partial charge in [-0.2, -0.15) is 0 Å². The van der Waals surface area contributed by atoms with Crippen molar-refractivity contribution in [3.8, 4) is 0 Å². The van der Waals surface area contributed by atoms with E-state index in [4.69, 9.17) is 9.84 Å². The van der Waals surface area contributed by atoms with Crippen LogP contribution in [0.25, 0.3) is 0 Å². The molecule has 0 aromatic heterocycles. The van der Waals surface area contributed by atoms with Crippen LogP contribution in [-0.4, -0.2) is 35.7 Å². The molecule has 0 spiro atoms. The minimum Gasteiger partial charge on any atom is -0.478 e. The molecule has 1 amide bonds. The first-order chi connectivity index (χ1) is 10.8. The number of benzene rings is 1. The first-order valence-electron chi connectivity index (χ1n) is 7.81. The van der Waals surface area contributed by atoms with Crippen LogP contribution in [0.3, 0.4) is 0 Å². The molecule has 2 unspecified atom stereocenters. The molecule has 1 aromatic carbocycles. The first kappa shape index (κ1) is 17.9. The van der Waals surface area contributed by atoms with E-state index < -0.39 is 5.97 Å². The minimum absolute atomic E-state index is 0.0623. The van der Waals surface area contributed by atoms with Crippen LogP contribution in [0.2, 0.25) is 0 Å². The molecule has 6 heteroatoms. The van der Waals surface area contributed by atoms with Gasteiger partial charge in [0.15, 0.2) is 0 Å². The number of hydrogen-bond donors (Lipinski definition) is 2. The molecule has 1 fully saturated rings. The number of aromatic carboxylic acids is 1. The molecule has 2 rings (SSSR count). The van der Waals surface area contributed by atoms with E-state index >= 15 is 0 Å². The highest BCUT2D eigenvalue weighted by molar-refractivity contribution is 9.10. The van der Waals surface area contributed by atoms with Gasteiger partial charge in [-0.1, -0.05) is 29.8 Å². The highest BCUT2D eigenvalue weighted by atomic mass is 79.9. The molecule has 1 aromatic rings. The van der Waals surface area contributed by atoms with Crippen molar-refractivity contribution in [3.05, 3.63) is 33.8 Å². The molecule has 1 aliphatic rings. The van der Waals surface area contributed by atoms with Gasteiger partial charge in [0, 0.05) is 22.7 Å². The smallest absolute Gasteiger partial charge is 0.335 e. The Balaban J connectivity index is 2.02. The van der Waals surface area contributed by atoms with E-state index in [1.807, 2.05) is 0 Å². The summed E-state index contributed by atoms with van der Waals surface area (Å²) in [5.74, 6) is -0.745. The maximum absolute atomic E-state index is 12.4. The number of amides is 1. The molecule has 126 valence electrons. The fraction of sp³-hybridized carbons (Fsp3) is 0.529. The molecule has 2 N–H and O–H groups in total. The van der Waals surface area contributed by atoms with Crippen molar-refractivity contribution in [3.63, 3.8) is 0 Å². The zero-order chi connectivity index (χ0) is 17.0. The molecular weight excluding hydrogens is 362 g/mol. The molecule has 23 heavy (non-hydrogen) atoms. The molecule has 0 radical (unpaired) electrons. The van der Waals surface area contributed by atoms with Crippen LogP contribution in [0.15, 0.2) is 22.7 Å². The van der Waals surface area contributed by atoms with Crippen molar-refractivity contribution in [2.45, 2.75) is 45.3 Å². The molecule has 1 aliphatic heterocycles. The Hall–Kier alpha value is -1.40. The van der Waals surface area contributed by atoms with Crippen molar-refractivity contribution in [1.29, 1.82) is 0 Å². The number of rotatable bonds is 5. The Morgan fingerprint density at radius 3 is 2.70 bits per heavy atom. The second-order valence-corrected chi connectivity index (χ2v) is 7.27. The predicted octanol–water partition coefficient (Wildman–Crippen LogP) is 3.47. The quantitative estimate of drug-likeness (QED) is 0.815. The van der Waals surface area contributed by atoms with E-state index in [0.717, 1.165) is 19.3 Å². The van der Waals surface area contributed by atoms with Gasteiger partial charge in [-0.05, 0) is 43.4 Å². The summed E-state index contributed by atoms with van der Waals surface area (Å²) in [6.45, 7) is 4.95. The van der Waals surface area contributed by atoms with Gasteiger partial charge in [0.2, 0.25) is 0 Å². The standard InChI is InChI=1S/C17H22BrNO4/c1-10(2)5-15-9-14(3-4-23-15)19-16(20)11-6-12(17(21)22)8-13(18)7-11/h6-8,10,14-15H,3-5,9H2,1-2H3,(H,19,20)(H,21,22). The zero-order valence-electron chi connectivity index (χ0n) is 13.3. The lowest BCUT2D eigenvalue weighted by Crippen LogP contribution is -2.42. The summed E-state index contributed by atoms with van der Waals surface area (Å²) in [5, 5.41) is 12.1. The van der Waals surface area contributed by atoms with Crippen molar-refractivity contribution in [1.82, 2.24) is 5.32 Å². The molecule has 5 nitrogen and oxygen atoms in total. The normalized spacial score (nSPS) is 21.2. The van der Waals surface area contributed by atoms with Crippen molar-refractivity contribution < 1.29 is 19.4 Å². The highest BCUT2D eigenvalue weighted by Gasteiger charge is 2.25. The van der Waals surface area contributed by atoms with Crippen LogP contribution in [-0.2, 0) is 4.74 Å². The molecule has 2 atom stereocenters. The highest BCUT2D eigenvalue weighted by Crippen LogP contribution is 2.21. The third kappa shape index (κ3) is 5.32. The summed E-state index contributed by atoms with van der Waals surface area (Å²) in [4.78, 5) is 23.5. The summed E-state index contributed by atoms with van der Waals surface area (Å²) in [5.41, 5.74) is 0.442. The van der Waals surface area contributed by atoms with Gasteiger partial charge in [-0.3, -0.25) is 4.79 Å². The van der Waals surface area contributed by atoms with Crippen LogP contribution in [0.5, 0.6) is 0 Å². The summed E-state index contributed by atoms with van der Waals surface area (Å²) in [6.07, 6.45) is 2.72. The SMILES string of the molecule is CC(C)CC1CC(NC(=O)c2cc(Br)cc(C(=O)O)c2)CCO1. The Morgan fingerprint density at radius 2 is 2.04 bits per heavy atom. The molecule has 0 saturated carbocycles. The molecule has 1 heterocycles. The number of carboxylic acid groups (broad SMARTS) is 1. The number of carbonyl (C=O) groups is 2. The van der Waals surface area contributed by atoms with Crippen LogP contribution in [0, 0.1) is 5.92 Å². The van der Waals surface area contributed by atoms with Gasteiger partial charge in [0.25, 0.3) is 5.91 Å². The minimum atomic E-state index is -1.05. The van der Waals surface area contributed by atoms with Gasteiger partial charge < -0.3 is 15.2 Å². The Kier molecular flexibility index (Phi) is 6.18. The summed E-state index contributed by atoms with van der Waals surface area (Å²) >= 11 is 3.25. The second-order valence-electron chi connectivity index (χ2n) is 6.35. The molecular formula is C17H22BrNO4. The number of carboxylic acids is 1.